The van der Waals surface area contributed by atoms with Gasteiger partial charge in [0.1, 0.15) is 0 Å². The zero-order chi connectivity index (χ0) is 11.6. The van der Waals surface area contributed by atoms with Gasteiger partial charge in [-0.25, -0.2) is 0 Å². The van der Waals surface area contributed by atoms with Gasteiger partial charge in [0.25, 0.3) is 0 Å². The molecule has 2 rings (SSSR count). The first kappa shape index (κ1) is 12.4. The van der Waals surface area contributed by atoms with Crippen LogP contribution in [0.2, 0.25) is 0 Å². The molecule has 2 heteroatoms. The molecule has 2 aliphatic rings. The van der Waals surface area contributed by atoms with Crippen LogP contribution in [0.25, 0.3) is 0 Å². The predicted octanol–water partition coefficient (Wildman–Crippen LogP) is 2.78. The molecule has 16 heavy (non-hydrogen) atoms. The van der Waals surface area contributed by atoms with Crippen molar-refractivity contribution in [3.63, 3.8) is 0 Å². The van der Waals surface area contributed by atoms with Gasteiger partial charge in [-0.2, -0.15) is 0 Å². The lowest BCUT2D eigenvalue weighted by Gasteiger charge is -2.50. The van der Waals surface area contributed by atoms with Gasteiger partial charge in [0.15, 0.2) is 0 Å². The number of nitrogens with one attached hydrogen (secondary N) is 1. The summed E-state index contributed by atoms with van der Waals surface area (Å²) in [5, 5.41) is 3.85. The van der Waals surface area contributed by atoms with Crippen LogP contribution in [0, 0.1) is 0 Å². The first-order valence-corrected chi connectivity index (χ1v) is 7.18. The molecule has 0 aromatic carbocycles. The van der Waals surface area contributed by atoms with Crippen LogP contribution < -0.4 is 5.32 Å². The fourth-order valence-corrected chi connectivity index (χ4v) is 3.43. The zero-order valence-electron chi connectivity index (χ0n) is 11.3. The van der Waals surface area contributed by atoms with E-state index >= 15 is 0 Å². The molecule has 1 aliphatic carbocycles. The first-order valence-electron chi connectivity index (χ1n) is 7.18. The van der Waals surface area contributed by atoms with Gasteiger partial charge in [0.2, 0.25) is 0 Å². The molecular weight excluding hydrogens is 196 g/mol. The van der Waals surface area contributed by atoms with Crippen molar-refractivity contribution >= 4 is 0 Å². The summed E-state index contributed by atoms with van der Waals surface area (Å²) in [6, 6.07) is 1.46. The number of hydrogen-bond donors (Lipinski definition) is 1. The van der Waals surface area contributed by atoms with Crippen molar-refractivity contribution in [2.24, 2.45) is 0 Å². The minimum absolute atomic E-state index is 0.466. The summed E-state index contributed by atoms with van der Waals surface area (Å²) >= 11 is 0. The molecule has 2 atom stereocenters. The van der Waals surface area contributed by atoms with Crippen molar-refractivity contribution < 1.29 is 0 Å². The van der Waals surface area contributed by atoms with E-state index in [1.165, 1.54) is 51.6 Å². The van der Waals surface area contributed by atoms with Crippen LogP contribution in [0.3, 0.4) is 0 Å². The van der Waals surface area contributed by atoms with E-state index in [2.05, 4.69) is 31.0 Å². The largest absolute Gasteiger partial charge is 0.308 e. The molecule has 2 fully saturated rings. The summed E-state index contributed by atoms with van der Waals surface area (Å²) in [5.41, 5.74) is 0.466. The molecule has 0 aromatic heterocycles. The van der Waals surface area contributed by atoms with Crippen molar-refractivity contribution in [2.45, 2.75) is 76.9 Å². The second-order valence-corrected chi connectivity index (χ2v) is 6.00. The van der Waals surface area contributed by atoms with Gasteiger partial charge in [-0.1, -0.05) is 26.2 Å². The van der Waals surface area contributed by atoms with Gasteiger partial charge in [0.05, 0.1) is 0 Å². The van der Waals surface area contributed by atoms with Gasteiger partial charge in [0, 0.05) is 30.7 Å². The number of hydrogen-bond acceptors (Lipinski definition) is 2. The molecule has 0 bridgehead atoms. The van der Waals surface area contributed by atoms with Crippen molar-refractivity contribution in [3.8, 4) is 0 Å². The lowest BCUT2D eigenvalue weighted by molar-refractivity contribution is 0.0350. The highest BCUT2D eigenvalue weighted by molar-refractivity contribution is 4.99. The summed E-state index contributed by atoms with van der Waals surface area (Å²) in [6.45, 7) is 9.54. The Balaban J connectivity index is 2.02. The van der Waals surface area contributed by atoms with Crippen molar-refractivity contribution in [1.82, 2.24) is 10.2 Å². The average Bonchev–Trinajstić information content (AvgIpc) is 2.33. The topological polar surface area (TPSA) is 15.3 Å². The predicted molar refractivity (Wildman–Crippen MR) is 69.7 cm³/mol. The molecule has 1 saturated heterocycles. The van der Waals surface area contributed by atoms with Crippen LogP contribution in [0.15, 0.2) is 0 Å². The van der Waals surface area contributed by atoms with E-state index in [1.54, 1.807) is 0 Å². The van der Waals surface area contributed by atoms with E-state index in [-0.39, 0.29) is 0 Å². The molecule has 1 heterocycles. The minimum Gasteiger partial charge on any atom is -0.308 e. The van der Waals surface area contributed by atoms with Crippen LogP contribution in [0.4, 0.5) is 0 Å². The summed E-state index contributed by atoms with van der Waals surface area (Å²) in [5.74, 6) is 0. The molecule has 1 saturated carbocycles. The maximum absolute atomic E-state index is 3.85. The van der Waals surface area contributed by atoms with E-state index < -0.39 is 0 Å². The lowest BCUT2D eigenvalue weighted by atomic mass is 9.79. The quantitative estimate of drug-likeness (QED) is 0.776. The maximum atomic E-state index is 3.85. The Morgan fingerprint density at radius 2 is 2.00 bits per heavy atom. The molecule has 2 unspecified atom stereocenters. The highest BCUT2D eigenvalue weighted by Crippen LogP contribution is 2.32. The number of rotatable bonds is 2. The van der Waals surface area contributed by atoms with E-state index in [9.17, 15) is 0 Å². The summed E-state index contributed by atoms with van der Waals surface area (Å²) in [4.78, 5) is 2.74. The van der Waals surface area contributed by atoms with Crippen LogP contribution in [0.1, 0.15) is 59.3 Å². The molecule has 1 aliphatic heterocycles. The normalized spacial score (nSPS) is 32.8. The Morgan fingerprint density at radius 3 is 2.62 bits per heavy atom. The average molecular weight is 224 g/mol. The van der Waals surface area contributed by atoms with Gasteiger partial charge >= 0.3 is 0 Å². The van der Waals surface area contributed by atoms with Crippen molar-refractivity contribution in [1.29, 1.82) is 0 Å². The molecule has 0 amide bonds. The molecule has 1 spiro atoms. The van der Waals surface area contributed by atoms with Gasteiger partial charge in [-0.05, 0) is 33.1 Å². The number of piperazine rings is 1. The molecular formula is C14H28N2. The Kier molecular flexibility index (Phi) is 3.91. The Labute approximate surface area is 101 Å². The SMILES string of the molecule is CCC(C)N1CC2(CCCCC2)NCC1C. The Morgan fingerprint density at radius 1 is 1.31 bits per heavy atom. The van der Waals surface area contributed by atoms with E-state index in [1.807, 2.05) is 0 Å². The standard InChI is InChI=1S/C14H28N2/c1-4-12(2)16-11-14(15-10-13(16)3)8-6-5-7-9-14/h12-13,15H,4-11H2,1-3H3. The molecule has 0 radical (unpaired) electrons. The van der Waals surface area contributed by atoms with Gasteiger partial charge in [-0.15, -0.1) is 0 Å². The highest BCUT2D eigenvalue weighted by Gasteiger charge is 2.39. The second kappa shape index (κ2) is 5.05. The first-order chi connectivity index (χ1) is 7.67. The molecule has 1 N–H and O–H groups in total. The fraction of sp³-hybridized carbons (Fsp3) is 1.00. The van der Waals surface area contributed by atoms with Crippen LogP contribution >= 0.6 is 0 Å². The third kappa shape index (κ3) is 2.43. The van der Waals surface area contributed by atoms with Crippen molar-refractivity contribution in [2.75, 3.05) is 13.1 Å². The maximum Gasteiger partial charge on any atom is 0.0309 e. The summed E-state index contributed by atoms with van der Waals surface area (Å²) in [7, 11) is 0. The van der Waals surface area contributed by atoms with Crippen LogP contribution in [0.5, 0.6) is 0 Å². The molecule has 94 valence electrons. The molecule has 0 aromatic rings. The van der Waals surface area contributed by atoms with E-state index in [4.69, 9.17) is 0 Å². The van der Waals surface area contributed by atoms with Gasteiger partial charge in [-0.3, -0.25) is 4.90 Å². The minimum atomic E-state index is 0.466. The number of nitrogens with zero attached hydrogens (tertiary/aromatic N) is 1. The third-order valence-electron chi connectivity index (χ3n) is 4.79. The fourth-order valence-electron chi connectivity index (χ4n) is 3.43. The zero-order valence-corrected chi connectivity index (χ0v) is 11.3. The monoisotopic (exact) mass is 224 g/mol. The summed E-state index contributed by atoms with van der Waals surface area (Å²) < 4.78 is 0. The summed E-state index contributed by atoms with van der Waals surface area (Å²) in [6.07, 6.45) is 8.37. The van der Waals surface area contributed by atoms with Gasteiger partial charge < -0.3 is 5.32 Å². The Hall–Kier alpha value is -0.0800. The smallest absolute Gasteiger partial charge is 0.0309 e. The highest BCUT2D eigenvalue weighted by atomic mass is 15.3. The third-order valence-corrected chi connectivity index (χ3v) is 4.79. The second-order valence-electron chi connectivity index (χ2n) is 6.00. The molecule has 2 nitrogen and oxygen atoms in total. The van der Waals surface area contributed by atoms with E-state index in [0.717, 1.165) is 6.04 Å². The van der Waals surface area contributed by atoms with E-state index in [0.29, 0.717) is 11.6 Å². The van der Waals surface area contributed by atoms with Crippen LogP contribution in [-0.4, -0.2) is 35.6 Å². The van der Waals surface area contributed by atoms with Crippen molar-refractivity contribution in [3.05, 3.63) is 0 Å². The Bertz CT molecular complexity index is 217. The lowest BCUT2D eigenvalue weighted by Crippen LogP contribution is -2.65. The van der Waals surface area contributed by atoms with Crippen LogP contribution in [-0.2, 0) is 0 Å².